The summed E-state index contributed by atoms with van der Waals surface area (Å²) in [5.41, 5.74) is 4.50. The highest BCUT2D eigenvalue weighted by molar-refractivity contribution is 5.56. The Labute approximate surface area is 136 Å². The molecule has 2 heteroatoms. The molecule has 0 aromatic heterocycles. The Morgan fingerprint density at radius 1 is 0.783 bits per heavy atom. The van der Waals surface area contributed by atoms with E-state index in [9.17, 15) is 4.39 Å². The Kier molecular flexibility index (Phi) is 3.58. The molecule has 1 heterocycles. The minimum Gasteiger partial charge on any atom is -0.358 e. The first kappa shape index (κ1) is 14.0. The van der Waals surface area contributed by atoms with Gasteiger partial charge in [-0.05, 0) is 35.2 Å². The Morgan fingerprint density at radius 2 is 1.48 bits per heavy atom. The van der Waals surface area contributed by atoms with Crippen molar-refractivity contribution < 1.29 is 4.39 Å². The number of anilines is 1. The van der Waals surface area contributed by atoms with Crippen LogP contribution in [0.15, 0.2) is 78.9 Å². The maximum atomic E-state index is 14.4. The van der Waals surface area contributed by atoms with Crippen molar-refractivity contribution in [2.24, 2.45) is 0 Å². The minimum atomic E-state index is -0.159. The molecular weight excluding hydrogens is 285 g/mol. The Balaban J connectivity index is 1.88. The van der Waals surface area contributed by atoms with E-state index < -0.39 is 0 Å². The van der Waals surface area contributed by atoms with E-state index >= 15 is 0 Å². The molecule has 0 bridgehead atoms. The van der Waals surface area contributed by atoms with Crippen LogP contribution in [0.5, 0.6) is 0 Å². The molecule has 1 atom stereocenters. The first-order valence-electron chi connectivity index (χ1n) is 7.98. The molecule has 0 N–H and O–H groups in total. The van der Waals surface area contributed by atoms with E-state index in [1.807, 2.05) is 30.3 Å². The quantitative estimate of drug-likeness (QED) is 0.645. The van der Waals surface area contributed by atoms with E-state index in [2.05, 4.69) is 41.3 Å². The van der Waals surface area contributed by atoms with E-state index in [1.54, 1.807) is 6.07 Å². The fourth-order valence-electron chi connectivity index (χ4n) is 3.51. The topological polar surface area (TPSA) is 3.24 Å². The number of hydrogen-bond donors (Lipinski definition) is 0. The van der Waals surface area contributed by atoms with Gasteiger partial charge in [-0.3, -0.25) is 0 Å². The number of nitrogens with zero attached hydrogens (tertiary/aromatic N) is 1. The molecule has 0 saturated heterocycles. The number of rotatable bonds is 2. The van der Waals surface area contributed by atoms with Crippen molar-refractivity contribution in [1.29, 1.82) is 0 Å². The first-order valence-corrected chi connectivity index (χ1v) is 7.98. The molecule has 1 aliphatic rings. The first-order chi connectivity index (χ1) is 11.3. The molecule has 0 unspecified atom stereocenters. The second-order valence-corrected chi connectivity index (χ2v) is 5.91. The minimum absolute atomic E-state index is 0.0537. The van der Waals surface area contributed by atoms with Crippen molar-refractivity contribution in [1.82, 2.24) is 0 Å². The van der Waals surface area contributed by atoms with Crippen LogP contribution in [0.25, 0.3) is 0 Å². The van der Waals surface area contributed by atoms with Crippen LogP contribution in [-0.2, 0) is 6.42 Å². The molecule has 23 heavy (non-hydrogen) atoms. The second kappa shape index (κ2) is 5.88. The van der Waals surface area contributed by atoms with Crippen molar-refractivity contribution in [3.63, 3.8) is 0 Å². The van der Waals surface area contributed by atoms with E-state index in [0.29, 0.717) is 5.69 Å². The Bertz CT molecular complexity index is 813. The summed E-state index contributed by atoms with van der Waals surface area (Å²) >= 11 is 0. The van der Waals surface area contributed by atoms with E-state index in [0.717, 1.165) is 13.0 Å². The van der Waals surface area contributed by atoms with Crippen molar-refractivity contribution in [2.45, 2.75) is 12.5 Å². The van der Waals surface area contributed by atoms with Crippen molar-refractivity contribution in [3.8, 4) is 0 Å². The van der Waals surface area contributed by atoms with Gasteiger partial charge in [0.05, 0.1) is 11.7 Å². The summed E-state index contributed by atoms with van der Waals surface area (Å²) in [4.78, 5) is 2.19. The maximum absolute atomic E-state index is 14.4. The number of hydrogen-bond acceptors (Lipinski definition) is 1. The molecule has 0 fully saturated rings. The van der Waals surface area contributed by atoms with Gasteiger partial charge in [0.25, 0.3) is 0 Å². The molecule has 3 aromatic carbocycles. The van der Waals surface area contributed by atoms with E-state index in [4.69, 9.17) is 0 Å². The highest BCUT2D eigenvalue weighted by atomic mass is 19.1. The fourth-order valence-corrected chi connectivity index (χ4v) is 3.51. The lowest BCUT2D eigenvalue weighted by molar-refractivity contribution is 0.591. The number of benzene rings is 3. The van der Waals surface area contributed by atoms with Crippen molar-refractivity contribution >= 4 is 5.69 Å². The molecule has 1 nitrogen and oxygen atoms in total. The summed E-state index contributed by atoms with van der Waals surface area (Å²) in [6.07, 6.45) is 0.938. The molecule has 0 spiro atoms. The molecule has 1 aliphatic heterocycles. The lowest BCUT2D eigenvalue weighted by Gasteiger charge is -2.39. The van der Waals surface area contributed by atoms with Gasteiger partial charge in [-0.1, -0.05) is 66.7 Å². The summed E-state index contributed by atoms with van der Waals surface area (Å²) in [5.74, 6) is -0.159. The van der Waals surface area contributed by atoms with Crippen LogP contribution in [0.2, 0.25) is 0 Å². The van der Waals surface area contributed by atoms with Crippen LogP contribution in [0.3, 0.4) is 0 Å². The summed E-state index contributed by atoms with van der Waals surface area (Å²) in [6, 6.07) is 26.0. The molecule has 0 amide bonds. The third-order valence-corrected chi connectivity index (χ3v) is 4.56. The van der Waals surface area contributed by atoms with Crippen LogP contribution in [0.1, 0.15) is 22.7 Å². The summed E-state index contributed by atoms with van der Waals surface area (Å²) in [6.45, 7) is 0.817. The van der Waals surface area contributed by atoms with Gasteiger partial charge < -0.3 is 4.90 Å². The molecule has 0 aliphatic carbocycles. The summed E-state index contributed by atoms with van der Waals surface area (Å²) in [7, 11) is 0. The maximum Gasteiger partial charge on any atom is 0.146 e. The molecule has 0 radical (unpaired) electrons. The number of fused-ring (bicyclic) bond motifs is 1. The Morgan fingerprint density at radius 3 is 2.30 bits per heavy atom. The van der Waals surface area contributed by atoms with Gasteiger partial charge in [0.1, 0.15) is 5.82 Å². The third kappa shape index (κ3) is 2.50. The molecule has 0 saturated carbocycles. The largest absolute Gasteiger partial charge is 0.358 e. The average Bonchev–Trinajstić information content (AvgIpc) is 2.62. The highest BCUT2D eigenvalue weighted by Crippen LogP contribution is 2.38. The van der Waals surface area contributed by atoms with Crippen LogP contribution >= 0.6 is 0 Å². The fraction of sp³-hybridized carbons (Fsp3) is 0.143. The monoisotopic (exact) mass is 303 g/mol. The zero-order valence-electron chi connectivity index (χ0n) is 12.8. The van der Waals surface area contributed by atoms with Crippen molar-refractivity contribution in [3.05, 3.63) is 101 Å². The van der Waals surface area contributed by atoms with Gasteiger partial charge >= 0.3 is 0 Å². The van der Waals surface area contributed by atoms with E-state index in [1.165, 1.54) is 22.8 Å². The predicted molar refractivity (Wildman–Crippen MR) is 92.2 cm³/mol. The van der Waals surface area contributed by atoms with Gasteiger partial charge in [0.15, 0.2) is 0 Å². The molecule has 114 valence electrons. The molecular formula is C21H18FN. The second-order valence-electron chi connectivity index (χ2n) is 5.91. The van der Waals surface area contributed by atoms with E-state index in [-0.39, 0.29) is 11.9 Å². The SMILES string of the molecule is Fc1ccccc1N1CCc2ccccc2[C@@H]1c1ccccc1. The summed E-state index contributed by atoms with van der Waals surface area (Å²) < 4.78 is 14.4. The van der Waals surface area contributed by atoms with Crippen molar-refractivity contribution in [2.75, 3.05) is 11.4 Å². The standard InChI is InChI=1S/C21H18FN/c22-19-12-6-7-13-20(19)23-15-14-16-8-4-5-11-18(16)21(23)17-9-2-1-3-10-17/h1-13,21H,14-15H2/t21-/m0/s1. The van der Waals surface area contributed by atoms with Gasteiger partial charge in [0.2, 0.25) is 0 Å². The molecule has 4 rings (SSSR count). The van der Waals surface area contributed by atoms with Gasteiger partial charge in [-0.25, -0.2) is 4.39 Å². The van der Waals surface area contributed by atoms with Gasteiger partial charge in [-0.2, -0.15) is 0 Å². The van der Waals surface area contributed by atoms with Crippen LogP contribution in [0, 0.1) is 5.82 Å². The zero-order chi connectivity index (χ0) is 15.6. The zero-order valence-corrected chi connectivity index (χ0v) is 12.8. The van der Waals surface area contributed by atoms with Gasteiger partial charge in [0, 0.05) is 6.54 Å². The lowest BCUT2D eigenvalue weighted by Crippen LogP contribution is -2.36. The highest BCUT2D eigenvalue weighted by Gasteiger charge is 2.29. The van der Waals surface area contributed by atoms with Crippen LogP contribution in [-0.4, -0.2) is 6.54 Å². The smallest absolute Gasteiger partial charge is 0.146 e. The summed E-state index contributed by atoms with van der Waals surface area (Å²) in [5, 5.41) is 0. The average molecular weight is 303 g/mol. The Hall–Kier alpha value is -2.61. The normalized spacial score (nSPS) is 16.9. The lowest BCUT2D eigenvalue weighted by atomic mass is 9.88. The molecule has 3 aromatic rings. The predicted octanol–water partition coefficient (Wildman–Crippen LogP) is 4.98. The van der Waals surface area contributed by atoms with Crippen LogP contribution in [0.4, 0.5) is 10.1 Å². The van der Waals surface area contributed by atoms with Gasteiger partial charge in [-0.15, -0.1) is 0 Å². The third-order valence-electron chi connectivity index (χ3n) is 4.56. The number of halogens is 1. The van der Waals surface area contributed by atoms with Crippen LogP contribution < -0.4 is 4.90 Å². The number of para-hydroxylation sites is 1.